The smallest absolute Gasteiger partial charge is 0.269 e. The molecular weight excluding hydrogens is 336 g/mol. The lowest BCUT2D eigenvalue weighted by Gasteiger charge is -2.41. The van der Waals surface area contributed by atoms with E-state index in [4.69, 9.17) is 12.2 Å². The van der Waals surface area contributed by atoms with Gasteiger partial charge in [0, 0.05) is 37.5 Å². The van der Waals surface area contributed by atoms with Gasteiger partial charge in [-0.1, -0.05) is 30.3 Å². The molecule has 0 aromatic heterocycles. The largest absolute Gasteiger partial charge is 0.339 e. The molecule has 0 saturated carbocycles. The van der Waals surface area contributed by atoms with Gasteiger partial charge in [0.1, 0.15) is 0 Å². The van der Waals surface area contributed by atoms with Crippen LogP contribution >= 0.6 is 12.2 Å². The first-order valence-corrected chi connectivity index (χ1v) is 8.51. The van der Waals surface area contributed by atoms with Crippen molar-refractivity contribution in [3.63, 3.8) is 0 Å². The maximum absolute atomic E-state index is 10.8. The number of piperazine rings is 1. The van der Waals surface area contributed by atoms with Crippen LogP contribution in [0.3, 0.4) is 0 Å². The van der Waals surface area contributed by atoms with Crippen LogP contribution in [-0.4, -0.2) is 46.5 Å². The van der Waals surface area contributed by atoms with Crippen LogP contribution in [0.4, 0.5) is 11.4 Å². The zero-order valence-electron chi connectivity index (χ0n) is 14.0. The van der Waals surface area contributed by atoms with Gasteiger partial charge in [0.15, 0.2) is 5.11 Å². The first-order chi connectivity index (χ1) is 12.0. The molecule has 3 rings (SSSR count). The van der Waals surface area contributed by atoms with E-state index in [1.54, 1.807) is 12.1 Å². The van der Waals surface area contributed by atoms with Crippen molar-refractivity contribution >= 4 is 28.7 Å². The van der Waals surface area contributed by atoms with Crippen LogP contribution in [-0.2, 0) is 0 Å². The summed E-state index contributed by atoms with van der Waals surface area (Å²) in [5.74, 6) is 0. The topological polar surface area (TPSA) is 61.6 Å². The van der Waals surface area contributed by atoms with E-state index in [1.165, 1.54) is 17.7 Å². The number of likely N-dealkylation sites (N-methyl/N-ethyl adjacent to an activating group) is 1. The molecule has 1 atom stereocenters. The van der Waals surface area contributed by atoms with Crippen molar-refractivity contribution in [2.75, 3.05) is 32.0 Å². The van der Waals surface area contributed by atoms with Crippen LogP contribution in [0, 0.1) is 10.1 Å². The van der Waals surface area contributed by atoms with Gasteiger partial charge in [0.05, 0.1) is 11.0 Å². The van der Waals surface area contributed by atoms with Crippen LogP contribution in [0.2, 0.25) is 0 Å². The summed E-state index contributed by atoms with van der Waals surface area (Å²) in [6.07, 6.45) is 0. The molecule has 0 unspecified atom stereocenters. The summed E-state index contributed by atoms with van der Waals surface area (Å²) in [6, 6.07) is 16.8. The van der Waals surface area contributed by atoms with Gasteiger partial charge in [-0.15, -0.1) is 0 Å². The molecule has 1 heterocycles. The second-order valence-electron chi connectivity index (χ2n) is 6.12. The fourth-order valence-electron chi connectivity index (χ4n) is 2.98. The first-order valence-electron chi connectivity index (χ1n) is 8.10. The Morgan fingerprint density at radius 3 is 2.48 bits per heavy atom. The molecule has 6 nitrogen and oxygen atoms in total. The zero-order valence-corrected chi connectivity index (χ0v) is 14.8. The monoisotopic (exact) mass is 356 g/mol. The fraction of sp³-hybridized carbons (Fsp3) is 0.278. The standard InChI is InChI=1S/C18H20N4O2S/c1-20-11-12-21(17(13-20)14-5-3-2-4-6-14)18(25)19-15-7-9-16(10-8-15)22(23)24/h2-10,17H,11-13H2,1H3,(H,19,25)/t17-/m0/s1. The highest BCUT2D eigenvalue weighted by Gasteiger charge is 2.28. The molecular formula is C18H20N4O2S. The van der Waals surface area contributed by atoms with Crippen molar-refractivity contribution < 1.29 is 4.92 Å². The number of anilines is 1. The third kappa shape index (κ3) is 4.12. The van der Waals surface area contributed by atoms with Crippen LogP contribution in [0.15, 0.2) is 54.6 Å². The molecule has 1 aliphatic heterocycles. The number of hydrogen-bond acceptors (Lipinski definition) is 4. The maximum Gasteiger partial charge on any atom is 0.269 e. The molecule has 0 amide bonds. The Bertz CT molecular complexity index is 751. The number of thiocarbonyl (C=S) groups is 1. The van der Waals surface area contributed by atoms with Crippen LogP contribution < -0.4 is 5.32 Å². The highest BCUT2D eigenvalue weighted by molar-refractivity contribution is 7.80. The van der Waals surface area contributed by atoms with Gasteiger partial charge in [0.25, 0.3) is 5.69 Å². The Hall–Kier alpha value is -2.51. The summed E-state index contributed by atoms with van der Waals surface area (Å²) >= 11 is 5.62. The van der Waals surface area contributed by atoms with E-state index < -0.39 is 4.92 Å². The normalized spacial score (nSPS) is 18.0. The van der Waals surface area contributed by atoms with Gasteiger partial charge in [-0.2, -0.15) is 0 Å². The molecule has 2 aromatic carbocycles. The molecule has 0 radical (unpaired) electrons. The van der Waals surface area contributed by atoms with Gasteiger partial charge in [-0.25, -0.2) is 0 Å². The first kappa shape index (κ1) is 17.3. The summed E-state index contributed by atoms with van der Waals surface area (Å²) in [5.41, 5.74) is 2.04. The van der Waals surface area contributed by atoms with Crippen LogP contribution in [0.1, 0.15) is 11.6 Å². The Labute approximate surface area is 152 Å². The number of nitrogens with zero attached hydrogens (tertiary/aromatic N) is 3. The lowest BCUT2D eigenvalue weighted by molar-refractivity contribution is -0.384. The van der Waals surface area contributed by atoms with Crippen molar-refractivity contribution in [1.29, 1.82) is 0 Å². The Morgan fingerprint density at radius 2 is 1.84 bits per heavy atom. The molecule has 2 aromatic rings. The van der Waals surface area contributed by atoms with Crippen LogP contribution in [0.5, 0.6) is 0 Å². The number of nitro benzene ring substituents is 1. The third-order valence-electron chi connectivity index (χ3n) is 4.36. The summed E-state index contributed by atoms with van der Waals surface area (Å²) in [6.45, 7) is 2.66. The quantitative estimate of drug-likeness (QED) is 0.517. The lowest BCUT2D eigenvalue weighted by Crippen LogP contribution is -2.50. The maximum atomic E-state index is 10.8. The predicted molar refractivity (Wildman–Crippen MR) is 103 cm³/mol. The fourth-order valence-corrected chi connectivity index (χ4v) is 3.32. The molecule has 1 fully saturated rings. The highest BCUT2D eigenvalue weighted by Crippen LogP contribution is 2.26. The molecule has 0 spiro atoms. The van der Waals surface area contributed by atoms with E-state index in [0.717, 1.165) is 25.3 Å². The minimum Gasteiger partial charge on any atom is -0.339 e. The van der Waals surface area contributed by atoms with E-state index in [9.17, 15) is 10.1 Å². The predicted octanol–water partition coefficient (Wildman–Crippen LogP) is 3.28. The molecule has 1 aliphatic rings. The van der Waals surface area contributed by atoms with E-state index in [2.05, 4.69) is 34.3 Å². The molecule has 25 heavy (non-hydrogen) atoms. The molecule has 7 heteroatoms. The van der Waals surface area contributed by atoms with E-state index in [0.29, 0.717) is 5.11 Å². The average Bonchev–Trinajstić information content (AvgIpc) is 2.62. The van der Waals surface area contributed by atoms with Gasteiger partial charge >= 0.3 is 0 Å². The summed E-state index contributed by atoms with van der Waals surface area (Å²) < 4.78 is 0. The summed E-state index contributed by atoms with van der Waals surface area (Å²) in [7, 11) is 2.11. The molecule has 130 valence electrons. The Balaban J connectivity index is 1.75. The molecule has 1 N–H and O–H groups in total. The minimum atomic E-state index is -0.409. The van der Waals surface area contributed by atoms with E-state index in [1.807, 2.05) is 18.2 Å². The van der Waals surface area contributed by atoms with Crippen molar-refractivity contribution in [2.45, 2.75) is 6.04 Å². The number of nitrogens with one attached hydrogen (secondary N) is 1. The Morgan fingerprint density at radius 1 is 1.16 bits per heavy atom. The van der Waals surface area contributed by atoms with Crippen LogP contribution in [0.25, 0.3) is 0 Å². The van der Waals surface area contributed by atoms with Gasteiger partial charge < -0.3 is 15.1 Å². The number of rotatable bonds is 3. The minimum absolute atomic E-state index is 0.0678. The number of benzene rings is 2. The van der Waals surface area contributed by atoms with Crippen molar-refractivity contribution in [1.82, 2.24) is 9.80 Å². The molecule has 0 bridgehead atoms. The molecule has 1 saturated heterocycles. The summed E-state index contributed by atoms with van der Waals surface area (Å²) in [5, 5.41) is 14.6. The van der Waals surface area contributed by atoms with Gasteiger partial charge in [-0.3, -0.25) is 10.1 Å². The number of hydrogen-bond donors (Lipinski definition) is 1. The van der Waals surface area contributed by atoms with Crippen molar-refractivity contribution in [2.24, 2.45) is 0 Å². The Kier molecular flexibility index (Phi) is 5.25. The highest BCUT2D eigenvalue weighted by atomic mass is 32.1. The van der Waals surface area contributed by atoms with Gasteiger partial charge in [0.2, 0.25) is 0 Å². The zero-order chi connectivity index (χ0) is 17.8. The number of nitro groups is 1. The van der Waals surface area contributed by atoms with E-state index >= 15 is 0 Å². The average molecular weight is 356 g/mol. The van der Waals surface area contributed by atoms with E-state index in [-0.39, 0.29) is 11.7 Å². The lowest BCUT2D eigenvalue weighted by atomic mass is 10.0. The molecule has 0 aliphatic carbocycles. The second-order valence-corrected chi connectivity index (χ2v) is 6.50. The summed E-state index contributed by atoms with van der Waals surface area (Å²) in [4.78, 5) is 14.8. The van der Waals surface area contributed by atoms with Crippen molar-refractivity contribution in [3.05, 3.63) is 70.3 Å². The number of non-ortho nitro benzene ring substituents is 1. The SMILES string of the molecule is CN1CCN(C(=S)Nc2ccc([N+](=O)[O-])cc2)[C@H](c2ccccc2)C1. The van der Waals surface area contributed by atoms with Crippen molar-refractivity contribution in [3.8, 4) is 0 Å². The second kappa shape index (κ2) is 7.58. The third-order valence-corrected chi connectivity index (χ3v) is 4.69. The van der Waals surface area contributed by atoms with Gasteiger partial charge in [-0.05, 0) is 37.0 Å².